The number of hydrogen-bond donors (Lipinski definition) is 0. The molecule has 0 atom stereocenters. The molecule has 4 aromatic rings. The molecule has 126 valence electrons. The van der Waals surface area contributed by atoms with E-state index in [-0.39, 0.29) is 0 Å². The van der Waals surface area contributed by atoms with Crippen LogP contribution < -0.4 is 4.90 Å². The number of fused-ring (bicyclic) bond motifs is 2. The summed E-state index contributed by atoms with van der Waals surface area (Å²) in [4.78, 5) is 7.25. The van der Waals surface area contributed by atoms with Gasteiger partial charge in [-0.1, -0.05) is 36.4 Å². The van der Waals surface area contributed by atoms with E-state index in [0.717, 1.165) is 46.3 Å². The maximum absolute atomic E-state index is 4.91. The Bertz CT molecular complexity index is 1030. The standard InChI is InChI=1S/C21H22N4/c1-4-25(5-2)17-12-11-16-13-18-20(15-9-7-6-8-10-15)23-24(3)21(18)22-19(16)14-17/h6-14H,4-5H2,1-3H3. The van der Waals surface area contributed by atoms with E-state index in [1.54, 1.807) is 0 Å². The van der Waals surface area contributed by atoms with Gasteiger partial charge in [-0.15, -0.1) is 0 Å². The quantitative estimate of drug-likeness (QED) is 0.547. The van der Waals surface area contributed by atoms with Crippen molar-refractivity contribution in [3.8, 4) is 11.3 Å². The van der Waals surface area contributed by atoms with Gasteiger partial charge in [-0.3, -0.25) is 0 Å². The molecule has 2 heterocycles. The van der Waals surface area contributed by atoms with Gasteiger partial charge in [-0.05, 0) is 32.0 Å². The molecule has 0 aliphatic carbocycles. The lowest BCUT2D eigenvalue weighted by Gasteiger charge is -2.21. The first-order chi connectivity index (χ1) is 12.2. The summed E-state index contributed by atoms with van der Waals surface area (Å²) < 4.78 is 1.88. The van der Waals surface area contributed by atoms with E-state index in [4.69, 9.17) is 10.1 Å². The maximum atomic E-state index is 4.91. The molecule has 25 heavy (non-hydrogen) atoms. The zero-order chi connectivity index (χ0) is 17.4. The lowest BCUT2D eigenvalue weighted by atomic mass is 10.1. The normalized spacial score (nSPS) is 11.3. The van der Waals surface area contributed by atoms with Crippen molar-refractivity contribution in [2.24, 2.45) is 7.05 Å². The Morgan fingerprint density at radius 2 is 1.72 bits per heavy atom. The molecule has 0 saturated carbocycles. The van der Waals surface area contributed by atoms with E-state index in [9.17, 15) is 0 Å². The summed E-state index contributed by atoms with van der Waals surface area (Å²) in [6, 6.07) is 19.0. The third-order valence-electron chi connectivity index (χ3n) is 4.77. The molecule has 0 bridgehead atoms. The van der Waals surface area contributed by atoms with Crippen LogP contribution in [-0.2, 0) is 7.05 Å². The molecule has 2 aromatic heterocycles. The molecular weight excluding hydrogens is 308 g/mol. The number of aryl methyl sites for hydroxylation is 1. The van der Waals surface area contributed by atoms with Gasteiger partial charge < -0.3 is 4.90 Å². The molecule has 0 unspecified atom stereocenters. The summed E-state index contributed by atoms with van der Waals surface area (Å²) in [6.07, 6.45) is 0. The Kier molecular flexibility index (Phi) is 3.88. The zero-order valence-corrected chi connectivity index (χ0v) is 14.9. The zero-order valence-electron chi connectivity index (χ0n) is 14.9. The third-order valence-corrected chi connectivity index (χ3v) is 4.77. The molecule has 0 N–H and O–H groups in total. The summed E-state index contributed by atoms with van der Waals surface area (Å²) >= 11 is 0. The average molecular weight is 330 g/mol. The Morgan fingerprint density at radius 3 is 2.44 bits per heavy atom. The first-order valence-corrected chi connectivity index (χ1v) is 8.79. The Balaban J connectivity index is 1.92. The van der Waals surface area contributed by atoms with Crippen LogP contribution in [0.2, 0.25) is 0 Å². The van der Waals surface area contributed by atoms with Crippen molar-refractivity contribution in [2.45, 2.75) is 13.8 Å². The van der Waals surface area contributed by atoms with Gasteiger partial charge in [-0.2, -0.15) is 5.10 Å². The topological polar surface area (TPSA) is 34.0 Å². The van der Waals surface area contributed by atoms with Gasteiger partial charge in [0.1, 0.15) is 5.69 Å². The highest BCUT2D eigenvalue weighted by atomic mass is 15.3. The van der Waals surface area contributed by atoms with Crippen LogP contribution >= 0.6 is 0 Å². The van der Waals surface area contributed by atoms with Crippen LogP contribution in [0.1, 0.15) is 13.8 Å². The van der Waals surface area contributed by atoms with Crippen molar-refractivity contribution in [1.82, 2.24) is 14.8 Å². The van der Waals surface area contributed by atoms with Gasteiger partial charge in [0.05, 0.1) is 5.52 Å². The average Bonchev–Trinajstić information content (AvgIpc) is 2.97. The molecule has 0 spiro atoms. The number of anilines is 1. The van der Waals surface area contributed by atoms with Crippen molar-refractivity contribution in [3.05, 3.63) is 54.6 Å². The van der Waals surface area contributed by atoms with Crippen LogP contribution in [0.4, 0.5) is 5.69 Å². The van der Waals surface area contributed by atoms with Crippen LogP contribution in [-0.4, -0.2) is 27.9 Å². The molecule has 4 heteroatoms. The first kappa shape index (κ1) is 15.6. The van der Waals surface area contributed by atoms with E-state index in [1.807, 2.05) is 29.9 Å². The Labute approximate surface area is 147 Å². The number of aromatic nitrogens is 3. The number of benzene rings is 2. The minimum absolute atomic E-state index is 0.919. The van der Waals surface area contributed by atoms with E-state index < -0.39 is 0 Å². The molecule has 0 amide bonds. The van der Waals surface area contributed by atoms with Crippen molar-refractivity contribution >= 4 is 27.6 Å². The molecule has 0 radical (unpaired) electrons. The van der Waals surface area contributed by atoms with Gasteiger partial charge in [0, 0.05) is 42.2 Å². The lowest BCUT2D eigenvalue weighted by Crippen LogP contribution is -2.21. The van der Waals surface area contributed by atoms with Gasteiger partial charge in [0.2, 0.25) is 0 Å². The van der Waals surface area contributed by atoms with Gasteiger partial charge in [-0.25, -0.2) is 9.67 Å². The van der Waals surface area contributed by atoms with E-state index in [0.29, 0.717) is 0 Å². The molecule has 4 nitrogen and oxygen atoms in total. The molecular formula is C21H22N4. The highest BCUT2D eigenvalue weighted by Gasteiger charge is 2.13. The number of rotatable bonds is 4. The first-order valence-electron chi connectivity index (χ1n) is 8.79. The Morgan fingerprint density at radius 1 is 0.960 bits per heavy atom. The number of hydrogen-bond acceptors (Lipinski definition) is 3. The highest BCUT2D eigenvalue weighted by Crippen LogP contribution is 2.30. The van der Waals surface area contributed by atoms with Crippen LogP contribution in [0.25, 0.3) is 33.2 Å². The van der Waals surface area contributed by atoms with Gasteiger partial charge in [0.25, 0.3) is 0 Å². The minimum Gasteiger partial charge on any atom is -0.372 e. The van der Waals surface area contributed by atoms with Crippen LogP contribution in [0, 0.1) is 0 Å². The highest BCUT2D eigenvalue weighted by molar-refractivity contribution is 5.99. The van der Waals surface area contributed by atoms with Gasteiger partial charge >= 0.3 is 0 Å². The smallest absolute Gasteiger partial charge is 0.158 e. The van der Waals surface area contributed by atoms with Crippen molar-refractivity contribution in [3.63, 3.8) is 0 Å². The van der Waals surface area contributed by atoms with Crippen LogP contribution in [0.5, 0.6) is 0 Å². The number of nitrogens with zero attached hydrogens (tertiary/aromatic N) is 4. The second-order valence-electron chi connectivity index (χ2n) is 6.25. The maximum Gasteiger partial charge on any atom is 0.158 e. The summed E-state index contributed by atoms with van der Waals surface area (Å²) in [5.41, 5.74) is 5.26. The largest absolute Gasteiger partial charge is 0.372 e. The summed E-state index contributed by atoms with van der Waals surface area (Å²) in [6.45, 7) is 6.34. The summed E-state index contributed by atoms with van der Waals surface area (Å²) in [5.74, 6) is 0. The lowest BCUT2D eigenvalue weighted by molar-refractivity contribution is 0.791. The van der Waals surface area contributed by atoms with Crippen molar-refractivity contribution in [1.29, 1.82) is 0 Å². The van der Waals surface area contributed by atoms with Gasteiger partial charge in [0.15, 0.2) is 5.65 Å². The summed E-state index contributed by atoms with van der Waals surface area (Å²) in [7, 11) is 1.96. The van der Waals surface area contributed by atoms with E-state index in [2.05, 4.69) is 55.1 Å². The molecule has 0 aliphatic rings. The fourth-order valence-electron chi connectivity index (χ4n) is 3.41. The molecule has 0 aliphatic heterocycles. The minimum atomic E-state index is 0.919. The molecule has 4 rings (SSSR count). The summed E-state index contributed by atoms with van der Waals surface area (Å²) in [5, 5.41) is 6.96. The van der Waals surface area contributed by atoms with Crippen LogP contribution in [0.3, 0.4) is 0 Å². The predicted molar refractivity (Wildman–Crippen MR) is 105 cm³/mol. The van der Waals surface area contributed by atoms with E-state index >= 15 is 0 Å². The molecule has 0 saturated heterocycles. The second kappa shape index (κ2) is 6.20. The van der Waals surface area contributed by atoms with Crippen molar-refractivity contribution in [2.75, 3.05) is 18.0 Å². The second-order valence-corrected chi connectivity index (χ2v) is 6.25. The third kappa shape index (κ3) is 2.64. The fourth-order valence-corrected chi connectivity index (χ4v) is 3.41. The molecule has 2 aromatic carbocycles. The monoisotopic (exact) mass is 330 g/mol. The SMILES string of the molecule is CCN(CC)c1ccc2cc3c(-c4ccccc4)nn(C)c3nc2c1. The number of pyridine rings is 1. The van der Waals surface area contributed by atoms with Crippen LogP contribution in [0.15, 0.2) is 54.6 Å². The fraction of sp³-hybridized carbons (Fsp3) is 0.238. The van der Waals surface area contributed by atoms with E-state index in [1.165, 1.54) is 5.69 Å². The van der Waals surface area contributed by atoms with Crippen molar-refractivity contribution < 1.29 is 0 Å². The molecule has 0 fully saturated rings. The predicted octanol–water partition coefficient (Wildman–Crippen LogP) is 4.63. The Hall–Kier alpha value is -2.88.